The van der Waals surface area contributed by atoms with E-state index in [1.165, 1.54) is 25.7 Å². The predicted molar refractivity (Wildman–Crippen MR) is 110 cm³/mol. The lowest BCUT2D eigenvalue weighted by Crippen LogP contribution is -2.13. The van der Waals surface area contributed by atoms with Crippen molar-refractivity contribution in [2.45, 2.75) is 45.6 Å². The molecule has 140 valence electrons. The van der Waals surface area contributed by atoms with E-state index in [1.807, 2.05) is 19.1 Å². The van der Waals surface area contributed by atoms with Gasteiger partial charge in [-0.2, -0.15) is 5.26 Å². The summed E-state index contributed by atoms with van der Waals surface area (Å²) in [4.78, 5) is 12.5. The predicted octanol–water partition coefficient (Wildman–Crippen LogP) is 6.07. The van der Waals surface area contributed by atoms with Gasteiger partial charge in [0.25, 0.3) is 5.91 Å². The zero-order valence-corrected chi connectivity index (χ0v) is 16.9. The Morgan fingerprint density at radius 3 is 2.56 bits per heavy atom. The van der Waals surface area contributed by atoms with Crippen molar-refractivity contribution < 1.29 is 4.79 Å². The van der Waals surface area contributed by atoms with Gasteiger partial charge in [-0.3, -0.25) is 4.79 Å². The third-order valence-electron chi connectivity index (χ3n) is 5.06. The minimum absolute atomic E-state index is 0.0488. The number of carbonyl (C=O) groups excluding carboxylic acids is 1. The third kappa shape index (κ3) is 4.21. The van der Waals surface area contributed by atoms with Crippen LogP contribution in [0, 0.1) is 25.2 Å². The van der Waals surface area contributed by atoms with Crippen LogP contribution in [0.15, 0.2) is 29.8 Å². The standard InChI is InChI=1S/C21H21Cl2N3O/c1-13-9-15(14(2)26(13)18-5-3-4-6-18)10-16(12-24)21(27)25-17-7-8-19(22)20(23)11-17/h7-11,18H,3-6H2,1-2H3,(H,25,27)/b16-10-. The molecular formula is C21H21Cl2N3O. The summed E-state index contributed by atoms with van der Waals surface area (Å²) in [5.41, 5.74) is 3.70. The summed E-state index contributed by atoms with van der Waals surface area (Å²) < 4.78 is 2.34. The Morgan fingerprint density at radius 2 is 1.93 bits per heavy atom. The van der Waals surface area contributed by atoms with Gasteiger partial charge in [0.05, 0.1) is 10.0 Å². The number of hydrogen-bond donors (Lipinski definition) is 1. The van der Waals surface area contributed by atoms with E-state index in [2.05, 4.69) is 16.8 Å². The number of carbonyl (C=O) groups is 1. The minimum Gasteiger partial charge on any atom is -0.346 e. The molecule has 0 atom stereocenters. The van der Waals surface area contributed by atoms with E-state index >= 15 is 0 Å². The molecule has 1 aromatic carbocycles. The van der Waals surface area contributed by atoms with Crippen molar-refractivity contribution in [2.75, 3.05) is 5.32 Å². The highest BCUT2D eigenvalue weighted by Gasteiger charge is 2.21. The first-order valence-corrected chi connectivity index (χ1v) is 9.73. The number of nitrogens with zero attached hydrogens (tertiary/aromatic N) is 2. The van der Waals surface area contributed by atoms with Gasteiger partial charge in [-0.1, -0.05) is 36.0 Å². The summed E-state index contributed by atoms with van der Waals surface area (Å²) in [6, 6.07) is 9.36. The van der Waals surface area contributed by atoms with Gasteiger partial charge >= 0.3 is 0 Å². The number of aryl methyl sites for hydroxylation is 1. The Hall–Kier alpha value is -2.22. The molecule has 1 saturated carbocycles. The quantitative estimate of drug-likeness (QED) is 0.498. The highest BCUT2D eigenvalue weighted by atomic mass is 35.5. The molecule has 1 aromatic heterocycles. The number of benzene rings is 1. The van der Waals surface area contributed by atoms with E-state index in [-0.39, 0.29) is 5.57 Å². The van der Waals surface area contributed by atoms with Crippen molar-refractivity contribution in [3.8, 4) is 6.07 Å². The van der Waals surface area contributed by atoms with E-state index in [0.717, 1.165) is 17.0 Å². The molecule has 1 fully saturated rings. The topological polar surface area (TPSA) is 57.8 Å². The maximum Gasteiger partial charge on any atom is 0.266 e. The molecule has 3 rings (SSSR count). The summed E-state index contributed by atoms with van der Waals surface area (Å²) in [6.07, 6.45) is 6.52. The summed E-state index contributed by atoms with van der Waals surface area (Å²) in [5.74, 6) is -0.471. The van der Waals surface area contributed by atoms with Gasteiger partial charge in [-0.25, -0.2) is 0 Å². The monoisotopic (exact) mass is 401 g/mol. The second-order valence-corrected chi connectivity index (χ2v) is 7.70. The second kappa shape index (κ2) is 8.21. The van der Waals surface area contributed by atoms with Crippen LogP contribution in [0.5, 0.6) is 0 Å². The van der Waals surface area contributed by atoms with Gasteiger partial charge in [0.15, 0.2) is 0 Å². The van der Waals surface area contributed by atoms with Gasteiger partial charge < -0.3 is 9.88 Å². The van der Waals surface area contributed by atoms with E-state index in [1.54, 1.807) is 24.3 Å². The lowest BCUT2D eigenvalue weighted by Gasteiger charge is -2.17. The van der Waals surface area contributed by atoms with Crippen LogP contribution in [0.3, 0.4) is 0 Å². The van der Waals surface area contributed by atoms with Crippen molar-refractivity contribution in [1.82, 2.24) is 4.57 Å². The number of anilines is 1. The fraction of sp³-hybridized carbons (Fsp3) is 0.333. The highest BCUT2D eigenvalue weighted by molar-refractivity contribution is 6.42. The smallest absolute Gasteiger partial charge is 0.266 e. The normalized spacial score (nSPS) is 15.0. The van der Waals surface area contributed by atoms with Crippen molar-refractivity contribution in [1.29, 1.82) is 5.26 Å². The average Bonchev–Trinajstić information content (AvgIpc) is 3.24. The molecule has 1 amide bonds. The maximum absolute atomic E-state index is 12.5. The van der Waals surface area contributed by atoms with Gasteiger partial charge in [0, 0.05) is 23.1 Å². The second-order valence-electron chi connectivity index (χ2n) is 6.89. The molecule has 0 unspecified atom stereocenters. The van der Waals surface area contributed by atoms with Crippen LogP contribution in [0.1, 0.15) is 48.7 Å². The Bertz CT molecular complexity index is 947. The number of nitrogens with one attached hydrogen (secondary N) is 1. The zero-order chi connectivity index (χ0) is 19.6. The molecule has 1 aliphatic carbocycles. The van der Waals surface area contributed by atoms with Gasteiger partial charge in [-0.05, 0) is 62.6 Å². The molecule has 6 heteroatoms. The molecule has 0 aliphatic heterocycles. The van der Waals surface area contributed by atoms with E-state index in [9.17, 15) is 10.1 Å². The van der Waals surface area contributed by atoms with E-state index in [0.29, 0.717) is 21.8 Å². The van der Waals surface area contributed by atoms with Crippen molar-refractivity contribution in [3.05, 3.63) is 56.8 Å². The first-order valence-electron chi connectivity index (χ1n) is 8.97. The van der Waals surface area contributed by atoms with Crippen LogP contribution in [0.2, 0.25) is 10.0 Å². The molecule has 1 heterocycles. The van der Waals surface area contributed by atoms with Gasteiger partial charge in [0.2, 0.25) is 0 Å². The summed E-state index contributed by atoms with van der Waals surface area (Å²) in [6.45, 7) is 4.12. The summed E-state index contributed by atoms with van der Waals surface area (Å²) in [5, 5.41) is 12.9. The molecule has 1 aliphatic rings. The molecule has 1 N–H and O–H groups in total. The number of hydrogen-bond acceptors (Lipinski definition) is 2. The fourth-order valence-corrected chi connectivity index (χ4v) is 4.05. The van der Waals surface area contributed by atoms with E-state index < -0.39 is 5.91 Å². The third-order valence-corrected chi connectivity index (χ3v) is 5.79. The molecule has 2 aromatic rings. The van der Waals surface area contributed by atoms with Crippen LogP contribution in [-0.2, 0) is 4.79 Å². The van der Waals surface area contributed by atoms with Crippen LogP contribution in [0.4, 0.5) is 5.69 Å². The van der Waals surface area contributed by atoms with Crippen molar-refractivity contribution in [2.24, 2.45) is 0 Å². The highest BCUT2D eigenvalue weighted by Crippen LogP contribution is 2.34. The first kappa shape index (κ1) is 19.5. The van der Waals surface area contributed by atoms with Crippen molar-refractivity contribution in [3.63, 3.8) is 0 Å². The molecule has 0 saturated heterocycles. The summed E-state index contributed by atoms with van der Waals surface area (Å²) >= 11 is 11.9. The maximum atomic E-state index is 12.5. The van der Waals surface area contributed by atoms with Gasteiger partial charge in [-0.15, -0.1) is 0 Å². The molecule has 27 heavy (non-hydrogen) atoms. The minimum atomic E-state index is -0.471. The number of rotatable bonds is 4. The zero-order valence-electron chi connectivity index (χ0n) is 15.4. The lowest BCUT2D eigenvalue weighted by molar-refractivity contribution is -0.112. The van der Waals surface area contributed by atoms with Crippen molar-refractivity contribution >= 4 is 40.9 Å². The average molecular weight is 402 g/mol. The number of aromatic nitrogens is 1. The Morgan fingerprint density at radius 1 is 1.22 bits per heavy atom. The molecular weight excluding hydrogens is 381 g/mol. The molecule has 0 radical (unpaired) electrons. The van der Waals surface area contributed by atoms with E-state index in [4.69, 9.17) is 23.2 Å². The first-order chi connectivity index (χ1) is 12.9. The van der Waals surface area contributed by atoms with Crippen LogP contribution in [-0.4, -0.2) is 10.5 Å². The fourth-order valence-electron chi connectivity index (χ4n) is 3.75. The SMILES string of the molecule is Cc1cc(/C=C(/C#N)C(=O)Nc2ccc(Cl)c(Cl)c2)c(C)n1C1CCCC1. The molecule has 0 bridgehead atoms. The molecule has 4 nitrogen and oxygen atoms in total. The molecule has 0 spiro atoms. The Balaban J connectivity index is 1.85. The number of halogens is 2. The largest absolute Gasteiger partial charge is 0.346 e. The lowest BCUT2D eigenvalue weighted by atomic mass is 10.1. The van der Waals surface area contributed by atoms with Crippen LogP contribution >= 0.6 is 23.2 Å². The number of amides is 1. The van der Waals surface area contributed by atoms with Crippen LogP contribution < -0.4 is 5.32 Å². The Kier molecular flexibility index (Phi) is 5.94. The number of nitriles is 1. The van der Waals surface area contributed by atoms with Crippen LogP contribution in [0.25, 0.3) is 6.08 Å². The summed E-state index contributed by atoms with van der Waals surface area (Å²) in [7, 11) is 0. The Labute approximate surface area is 169 Å². The van der Waals surface area contributed by atoms with Gasteiger partial charge in [0.1, 0.15) is 11.6 Å².